The van der Waals surface area contributed by atoms with Crippen LogP contribution in [0.3, 0.4) is 0 Å². The van der Waals surface area contributed by atoms with Gasteiger partial charge >= 0.3 is 0 Å². The van der Waals surface area contributed by atoms with E-state index in [1.54, 1.807) is 0 Å². The van der Waals surface area contributed by atoms with Crippen LogP contribution in [-0.2, 0) is 13.1 Å². The summed E-state index contributed by atoms with van der Waals surface area (Å²) in [5.74, 6) is 0. The van der Waals surface area contributed by atoms with Crippen LogP contribution in [0.4, 0.5) is 0 Å². The topological polar surface area (TPSA) is 39.3 Å². The van der Waals surface area contributed by atoms with Crippen molar-refractivity contribution in [2.75, 3.05) is 6.54 Å². The minimum atomic E-state index is -0.288. The molecule has 0 unspecified atom stereocenters. The van der Waals surface area contributed by atoms with Gasteiger partial charge in [-0.05, 0) is 23.6 Å². The van der Waals surface area contributed by atoms with E-state index >= 15 is 0 Å². The number of fused-ring (bicyclic) bond motifs is 1. The van der Waals surface area contributed by atoms with Gasteiger partial charge in [0.2, 0.25) is 0 Å². The summed E-state index contributed by atoms with van der Waals surface area (Å²) in [6, 6.07) is 18.8. The first kappa shape index (κ1) is 15.8. The lowest BCUT2D eigenvalue weighted by atomic mass is 10.1. The standard InChI is InChI=1S/C20H24N2O/c1-2-18(23)15-22(13-16-8-4-3-5-9-16)14-17-12-21-20-11-7-6-10-19(17)20/h3-12,18,21,23H,2,13-15H2,1H3/t18-/m0/s1. The van der Waals surface area contributed by atoms with Crippen molar-refractivity contribution in [3.05, 3.63) is 71.9 Å². The zero-order valence-corrected chi connectivity index (χ0v) is 13.6. The van der Waals surface area contributed by atoms with Crippen molar-refractivity contribution in [2.45, 2.75) is 32.5 Å². The van der Waals surface area contributed by atoms with E-state index in [2.05, 4.69) is 58.5 Å². The van der Waals surface area contributed by atoms with E-state index in [4.69, 9.17) is 0 Å². The molecule has 0 aliphatic carbocycles. The van der Waals surface area contributed by atoms with Gasteiger partial charge in [0.1, 0.15) is 0 Å². The Hall–Kier alpha value is -2.10. The van der Waals surface area contributed by atoms with Crippen molar-refractivity contribution in [1.29, 1.82) is 0 Å². The minimum Gasteiger partial charge on any atom is -0.392 e. The average molecular weight is 308 g/mol. The molecule has 0 aliphatic heterocycles. The number of benzene rings is 2. The van der Waals surface area contributed by atoms with Crippen LogP contribution in [0.15, 0.2) is 60.8 Å². The van der Waals surface area contributed by atoms with Gasteiger partial charge in [-0.15, -0.1) is 0 Å². The molecule has 0 bridgehead atoms. The fraction of sp³-hybridized carbons (Fsp3) is 0.300. The van der Waals surface area contributed by atoms with E-state index in [0.717, 1.165) is 19.5 Å². The number of aromatic amines is 1. The number of aromatic nitrogens is 1. The van der Waals surface area contributed by atoms with E-state index in [9.17, 15) is 5.11 Å². The van der Waals surface area contributed by atoms with Gasteiger partial charge in [-0.1, -0.05) is 55.5 Å². The molecule has 3 aromatic rings. The van der Waals surface area contributed by atoms with E-state index in [0.29, 0.717) is 6.54 Å². The Labute approximate surface area is 137 Å². The van der Waals surface area contributed by atoms with Crippen LogP contribution < -0.4 is 0 Å². The summed E-state index contributed by atoms with van der Waals surface area (Å²) in [5.41, 5.74) is 3.72. The summed E-state index contributed by atoms with van der Waals surface area (Å²) in [6.07, 6.45) is 2.57. The van der Waals surface area contributed by atoms with Crippen molar-refractivity contribution in [1.82, 2.24) is 9.88 Å². The van der Waals surface area contributed by atoms with Gasteiger partial charge in [0.05, 0.1) is 6.10 Å². The molecule has 23 heavy (non-hydrogen) atoms. The zero-order valence-electron chi connectivity index (χ0n) is 13.6. The molecule has 0 saturated carbocycles. The highest BCUT2D eigenvalue weighted by Gasteiger charge is 2.13. The molecule has 3 rings (SSSR count). The molecule has 0 amide bonds. The number of hydrogen-bond acceptors (Lipinski definition) is 2. The number of nitrogens with zero attached hydrogens (tertiary/aromatic N) is 1. The fourth-order valence-corrected chi connectivity index (χ4v) is 2.96. The molecular formula is C20H24N2O. The lowest BCUT2D eigenvalue weighted by molar-refractivity contribution is 0.102. The molecule has 0 radical (unpaired) electrons. The van der Waals surface area contributed by atoms with Crippen LogP contribution in [0.1, 0.15) is 24.5 Å². The van der Waals surface area contributed by atoms with Crippen LogP contribution in [0.2, 0.25) is 0 Å². The average Bonchev–Trinajstić information content (AvgIpc) is 2.99. The van der Waals surface area contributed by atoms with Crippen molar-refractivity contribution >= 4 is 10.9 Å². The normalized spacial score (nSPS) is 12.8. The Morgan fingerprint density at radius 1 is 1.00 bits per heavy atom. The van der Waals surface area contributed by atoms with Gasteiger partial charge in [-0.3, -0.25) is 4.90 Å². The fourth-order valence-electron chi connectivity index (χ4n) is 2.96. The van der Waals surface area contributed by atoms with Gasteiger partial charge < -0.3 is 10.1 Å². The second-order valence-corrected chi connectivity index (χ2v) is 6.08. The highest BCUT2D eigenvalue weighted by atomic mass is 16.3. The van der Waals surface area contributed by atoms with Gasteiger partial charge in [-0.25, -0.2) is 0 Å². The predicted molar refractivity (Wildman–Crippen MR) is 95.2 cm³/mol. The number of hydrogen-bond donors (Lipinski definition) is 2. The third kappa shape index (κ3) is 4.01. The zero-order chi connectivity index (χ0) is 16.1. The maximum absolute atomic E-state index is 10.1. The van der Waals surface area contributed by atoms with Crippen molar-refractivity contribution in [2.24, 2.45) is 0 Å². The summed E-state index contributed by atoms with van der Waals surface area (Å²) >= 11 is 0. The molecule has 0 aliphatic rings. The van der Waals surface area contributed by atoms with Crippen LogP contribution in [-0.4, -0.2) is 27.6 Å². The molecular weight excluding hydrogens is 284 g/mol. The summed E-state index contributed by atoms with van der Waals surface area (Å²) in [5, 5.41) is 11.4. The second kappa shape index (κ2) is 7.44. The third-order valence-electron chi connectivity index (χ3n) is 4.26. The van der Waals surface area contributed by atoms with E-state index in [1.807, 2.05) is 19.1 Å². The van der Waals surface area contributed by atoms with Crippen molar-refractivity contribution in [3.63, 3.8) is 0 Å². The second-order valence-electron chi connectivity index (χ2n) is 6.08. The SMILES string of the molecule is CC[C@H](O)CN(Cc1ccccc1)Cc1c[nH]c2ccccc12. The smallest absolute Gasteiger partial charge is 0.0664 e. The van der Waals surface area contributed by atoms with E-state index in [1.165, 1.54) is 22.0 Å². The van der Waals surface area contributed by atoms with E-state index < -0.39 is 0 Å². The quantitative estimate of drug-likeness (QED) is 0.694. The maximum atomic E-state index is 10.1. The molecule has 2 aromatic carbocycles. The summed E-state index contributed by atoms with van der Waals surface area (Å²) < 4.78 is 0. The van der Waals surface area contributed by atoms with Gasteiger partial charge in [-0.2, -0.15) is 0 Å². The van der Waals surface area contributed by atoms with Crippen molar-refractivity contribution in [3.8, 4) is 0 Å². The first-order chi connectivity index (χ1) is 11.3. The first-order valence-electron chi connectivity index (χ1n) is 8.25. The summed E-state index contributed by atoms with van der Waals surface area (Å²) in [4.78, 5) is 5.65. The van der Waals surface area contributed by atoms with Crippen LogP contribution >= 0.6 is 0 Å². The first-order valence-corrected chi connectivity index (χ1v) is 8.25. The number of para-hydroxylation sites is 1. The Balaban J connectivity index is 1.80. The number of aliphatic hydroxyl groups is 1. The van der Waals surface area contributed by atoms with Gasteiger partial charge in [0, 0.05) is 36.7 Å². The van der Waals surface area contributed by atoms with Gasteiger partial charge in [0.15, 0.2) is 0 Å². The van der Waals surface area contributed by atoms with Crippen molar-refractivity contribution < 1.29 is 5.11 Å². The number of H-pyrrole nitrogens is 1. The van der Waals surface area contributed by atoms with Gasteiger partial charge in [0.25, 0.3) is 0 Å². The highest BCUT2D eigenvalue weighted by molar-refractivity contribution is 5.82. The van der Waals surface area contributed by atoms with Crippen LogP contribution in [0.25, 0.3) is 10.9 Å². The molecule has 120 valence electrons. The monoisotopic (exact) mass is 308 g/mol. The molecule has 0 saturated heterocycles. The molecule has 1 atom stereocenters. The third-order valence-corrected chi connectivity index (χ3v) is 4.26. The largest absolute Gasteiger partial charge is 0.392 e. The molecule has 0 fully saturated rings. The molecule has 0 spiro atoms. The Morgan fingerprint density at radius 3 is 2.52 bits per heavy atom. The lowest BCUT2D eigenvalue weighted by Crippen LogP contribution is -2.31. The Morgan fingerprint density at radius 2 is 1.74 bits per heavy atom. The Kier molecular flexibility index (Phi) is 5.11. The maximum Gasteiger partial charge on any atom is 0.0664 e. The Bertz CT molecular complexity index is 735. The molecule has 1 heterocycles. The summed E-state index contributed by atoms with van der Waals surface area (Å²) in [6.45, 7) is 4.38. The molecule has 2 N–H and O–H groups in total. The van der Waals surface area contributed by atoms with Crippen LogP contribution in [0.5, 0.6) is 0 Å². The molecule has 3 heteroatoms. The summed E-state index contributed by atoms with van der Waals surface area (Å²) in [7, 11) is 0. The minimum absolute atomic E-state index is 0.288. The lowest BCUT2D eigenvalue weighted by Gasteiger charge is -2.24. The number of aliphatic hydroxyl groups excluding tert-OH is 1. The van der Waals surface area contributed by atoms with E-state index in [-0.39, 0.29) is 6.10 Å². The molecule has 1 aromatic heterocycles. The number of nitrogens with one attached hydrogen (secondary N) is 1. The highest BCUT2D eigenvalue weighted by Crippen LogP contribution is 2.20. The van der Waals surface area contributed by atoms with Crippen LogP contribution in [0, 0.1) is 0 Å². The predicted octanol–water partition coefficient (Wildman–Crippen LogP) is 3.94. The molecule has 3 nitrogen and oxygen atoms in total. The number of rotatable bonds is 7.